The molecule has 11 nitrogen and oxygen atoms in total. The van der Waals surface area contributed by atoms with Crippen LogP contribution < -0.4 is 11.1 Å². The number of nitrogens with two attached hydrogens (primary N) is 1. The molecule has 3 rings (SSSR count). The highest BCUT2D eigenvalue weighted by Gasteiger charge is 2.39. The fraction of sp³-hybridized carbons (Fsp3) is 0.520. The molecule has 198 valence electrons. The highest BCUT2D eigenvalue weighted by molar-refractivity contribution is 5.87. The van der Waals surface area contributed by atoms with Crippen LogP contribution in [0.25, 0.3) is 0 Å². The van der Waals surface area contributed by atoms with Gasteiger partial charge >= 0.3 is 12.2 Å². The first-order valence-electron chi connectivity index (χ1n) is 11.9. The Labute approximate surface area is 212 Å². The van der Waals surface area contributed by atoms with Crippen LogP contribution in [-0.2, 0) is 34.3 Å². The largest absolute Gasteiger partial charge is 0.445 e. The van der Waals surface area contributed by atoms with Crippen molar-refractivity contribution in [2.45, 2.75) is 45.4 Å². The maximum absolute atomic E-state index is 13.1. The zero-order valence-corrected chi connectivity index (χ0v) is 21.8. The zero-order chi connectivity index (χ0) is 26.7. The molecule has 1 aromatic carbocycles. The molecule has 3 N–H and O–H groups in total. The monoisotopic (exact) mass is 502 g/mol. The van der Waals surface area contributed by atoms with Gasteiger partial charge in [0.05, 0.1) is 12.9 Å². The number of ether oxygens (including phenoxy) is 2. The number of carbonyl (C=O) groups is 3. The van der Waals surface area contributed by atoms with Gasteiger partial charge in [-0.25, -0.2) is 14.6 Å². The SMILES string of the molecule is CN.Cn1cncc1CCNC(=O)[C@H]1CN(C(=O)OC(C)(C)C)CCN1C(=O)OCc1ccccc1. The minimum Gasteiger partial charge on any atom is -0.445 e. The third-order valence-electron chi connectivity index (χ3n) is 5.37. The molecule has 3 amide bonds. The normalized spacial score (nSPS) is 15.4. The fourth-order valence-corrected chi connectivity index (χ4v) is 3.58. The summed E-state index contributed by atoms with van der Waals surface area (Å²) in [6.07, 6.45) is 2.91. The average Bonchev–Trinajstić information content (AvgIpc) is 3.27. The first-order chi connectivity index (χ1) is 17.1. The van der Waals surface area contributed by atoms with Crippen molar-refractivity contribution in [3.05, 3.63) is 54.1 Å². The molecule has 0 saturated carbocycles. The van der Waals surface area contributed by atoms with E-state index in [2.05, 4.69) is 16.0 Å². The molecular formula is C25H38N6O5. The molecule has 2 aromatic rings. The number of benzene rings is 1. The maximum Gasteiger partial charge on any atom is 0.410 e. The van der Waals surface area contributed by atoms with Gasteiger partial charge in [-0.15, -0.1) is 0 Å². The van der Waals surface area contributed by atoms with Gasteiger partial charge in [0, 0.05) is 45.0 Å². The Balaban J connectivity index is 0.00000222. The summed E-state index contributed by atoms with van der Waals surface area (Å²) >= 11 is 0. The van der Waals surface area contributed by atoms with Crippen molar-refractivity contribution in [1.29, 1.82) is 0 Å². The number of carbonyl (C=O) groups excluding carboxylic acids is 3. The second-order valence-electron chi connectivity index (χ2n) is 9.21. The summed E-state index contributed by atoms with van der Waals surface area (Å²) in [6.45, 7) is 6.24. The molecule has 0 unspecified atom stereocenters. The first-order valence-corrected chi connectivity index (χ1v) is 11.9. The van der Waals surface area contributed by atoms with Crippen molar-refractivity contribution in [2.24, 2.45) is 12.8 Å². The van der Waals surface area contributed by atoms with Crippen LogP contribution in [0.3, 0.4) is 0 Å². The van der Waals surface area contributed by atoms with Crippen molar-refractivity contribution in [1.82, 2.24) is 24.7 Å². The number of piperazine rings is 1. The number of amides is 3. The van der Waals surface area contributed by atoms with Crippen LogP contribution in [0.15, 0.2) is 42.9 Å². The van der Waals surface area contributed by atoms with Crippen molar-refractivity contribution in [3.63, 3.8) is 0 Å². The summed E-state index contributed by atoms with van der Waals surface area (Å²) in [5.74, 6) is -0.355. The minimum atomic E-state index is -0.893. The Morgan fingerprint density at radius 2 is 1.81 bits per heavy atom. The number of rotatable bonds is 6. The van der Waals surface area contributed by atoms with Crippen LogP contribution in [-0.4, -0.2) is 82.3 Å². The molecular weight excluding hydrogens is 464 g/mol. The summed E-state index contributed by atoms with van der Waals surface area (Å²) in [6, 6.07) is 8.43. The van der Waals surface area contributed by atoms with Gasteiger partial charge in [-0.05, 0) is 33.4 Å². The molecule has 2 heterocycles. The molecule has 0 aliphatic carbocycles. The molecule has 36 heavy (non-hydrogen) atoms. The Hall–Kier alpha value is -3.60. The Bertz CT molecular complexity index is 988. The topological polar surface area (TPSA) is 132 Å². The van der Waals surface area contributed by atoms with E-state index < -0.39 is 23.8 Å². The molecule has 1 aliphatic rings. The van der Waals surface area contributed by atoms with Crippen LogP contribution in [0, 0.1) is 0 Å². The zero-order valence-electron chi connectivity index (χ0n) is 21.8. The van der Waals surface area contributed by atoms with E-state index in [9.17, 15) is 14.4 Å². The van der Waals surface area contributed by atoms with E-state index in [4.69, 9.17) is 9.47 Å². The van der Waals surface area contributed by atoms with E-state index in [1.165, 1.54) is 16.8 Å². The van der Waals surface area contributed by atoms with Gasteiger partial charge in [0.15, 0.2) is 0 Å². The molecule has 1 saturated heterocycles. The van der Waals surface area contributed by atoms with Crippen LogP contribution in [0.5, 0.6) is 0 Å². The van der Waals surface area contributed by atoms with Crippen molar-refractivity contribution in [2.75, 3.05) is 33.2 Å². The number of nitrogens with one attached hydrogen (secondary N) is 1. The number of nitrogens with zero attached hydrogens (tertiary/aromatic N) is 4. The summed E-state index contributed by atoms with van der Waals surface area (Å²) in [5.41, 5.74) is 5.66. The second kappa shape index (κ2) is 13.5. The first kappa shape index (κ1) is 28.6. The van der Waals surface area contributed by atoms with E-state index in [-0.39, 0.29) is 32.1 Å². The lowest BCUT2D eigenvalue weighted by molar-refractivity contribution is -0.128. The Morgan fingerprint density at radius 1 is 1.11 bits per heavy atom. The minimum absolute atomic E-state index is 0.0207. The van der Waals surface area contributed by atoms with Crippen molar-refractivity contribution in [3.8, 4) is 0 Å². The standard InChI is InChI=1S/C24H33N5O5.CH5N/c1-24(2,3)34-22(31)28-12-13-29(23(32)33-16-18-8-6-5-7-9-18)20(15-28)21(30)26-11-10-19-14-25-17-27(19)4;1-2/h5-9,14,17,20H,10-13,15-16H2,1-4H3,(H,26,30);2H2,1H3/t20-;/m1./s1. The summed E-state index contributed by atoms with van der Waals surface area (Å²) in [4.78, 5) is 45.5. The molecule has 1 fully saturated rings. The van der Waals surface area contributed by atoms with Crippen LogP contribution >= 0.6 is 0 Å². The van der Waals surface area contributed by atoms with Gasteiger partial charge in [-0.2, -0.15) is 0 Å². The molecule has 1 aliphatic heterocycles. The molecule has 1 aromatic heterocycles. The molecule has 0 spiro atoms. The predicted octanol–water partition coefficient (Wildman–Crippen LogP) is 1.91. The average molecular weight is 503 g/mol. The van der Waals surface area contributed by atoms with Crippen LogP contribution in [0.1, 0.15) is 32.0 Å². The van der Waals surface area contributed by atoms with Gasteiger partial charge in [0.1, 0.15) is 18.2 Å². The Morgan fingerprint density at radius 3 is 2.42 bits per heavy atom. The molecule has 11 heteroatoms. The maximum atomic E-state index is 13.1. The lowest BCUT2D eigenvalue weighted by Gasteiger charge is -2.40. The van der Waals surface area contributed by atoms with E-state index in [1.54, 1.807) is 33.3 Å². The van der Waals surface area contributed by atoms with E-state index in [0.717, 1.165) is 11.3 Å². The lowest BCUT2D eigenvalue weighted by Crippen LogP contribution is -2.62. The van der Waals surface area contributed by atoms with Crippen molar-refractivity contribution < 1.29 is 23.9 Å². The third kappa shape index (κ3) is 8.56. The molecule has 0 bridgehead atoms. The summed E-state index contributed by atoms with van der Waals surface area (Å²) in [5, 5.41) is 2.88. The van der Waals surface area contributed by atoms with Gasteiger partial charge < -0.3 is 30.0 Å². The summed E-state index contributed by atoms with van der Waals surface area (Å²) < 4.78 is 12.8. The van der Waals surface area contributed by atoms with Crippen molar-refractivity contribution >= 4 is 18.1 Å². The molecule has 0 radical (unpaired) electrons. The fourth-order valence-electron chi connectivity index (χ4n) is 3.58. The van der Waals surface area contributed by atoms with E-state index in [0.29, 0.717) is 13.0 Å². The number of hydrogen-bond acceptors (Lipinski definition) is 7. The van der Waals surface area contributed by atoms with E-state index >= 15 is 0 Å². The van der Waals surface area contributed by atoms with Gasteiger partial charge in [-0.3, -0.25) is 9.69 Å². The van der Waals surface area contributed by atoms with Crippen LogP contribution in [0.2, 0.25) is 0 Å². The van der Waals surface area contributed by atoms with Crippen LogP contribution in [0.4, 0.5) is 9.59 Å². The highest BCUT2D eigenvalue weighted by atomic mass is 16.6. The second-order valence-corrected chi connectivity index (χ2v) is 9.21. The van der Waals surface area contributed by atoms with Gasteiger partial charge in [-0.1, -0.05) is 30.3 Å². The lowest BCUT2D eigenvalue weighted by atomic mass is 10.1. The quantitative estimate of drug-likeness (QED) is 0.617. The predicted molar refractivity (Wildman–Crippen MR) is 135 cm³/mol. The summed E-state index contributed by atoms with van der Waals surface area (Å²) in [7, 11) is 3.38. The smallest absolute Gasteiger partial charge is 0.410 e. The third-order valence-corrected chi connectivity index (χ3v) is 5.37. The highest BCUT2D eigenvalue weighted by Crippen LogP contribution is 2.17. The number of imidazole rings is 1. The number of aromatic nitrogens is 2. The molecule has 1 atom stereocenters. The van der Waals surface area contributed by atoms with Gasteiger partial charge in [0.2, 0.25) is 5.91 Å². The Kier molecular flexibility index (Phi) is 10.7. The van der Waals surface area contributed by atoms with E-state index in [1.807, 2.05) is 41.9 Å². The number of aryl methyl sites for hydroxylation is 1. The number of hydrogen-bond donors (Lipinski definition) is 2. The van der Waals surface area contributed by atoms with Gasteiger partial charge in [0.25, 0.3) is 0 Å².